The monoisotopic (exact) mass is 602 g/mol. The number of amides is 2. The highest BCUT2D eigenvalue weighted by Crippen LogP contribution is 2.36. The Kier molecular flexibility index (Phi) is 9.25. The van der Waals surface area contributed by atoms with Gasteiger partial charge in [-0.15, -0.1) is 0 Å². The number of piperidine rings is 1. The van der Waals surface area contributed by atoms with Crippen molar-refractivity contribution in [3.8, 4) is 22.9 Å². The van der Waals surface area contributed by atoms with E-state index in [9.17, 15) is 20.0 Å². The predicted molar refractivity (Wildman–Crippen MR) is 167 cm³/mol. The maximum atomic E-state index is 13.7. The SMILES string of the molecule is CCOc1cc(-c2ccc(N3CCC(CN4CCN(C(=O)O)C(C)C4)(C(=O)NCC(C)C)CC3)nc2)c2c(C#N)cnn2c1. The zero-order chi connectivity index (χ0) is 31.4. The van der Waals surface area contributed by atoms with Gasteiger partial charge in [0.25, 0.3) is 0 Å². The highest BCUT2D eigenvalue weighted by molar-refractivity contribution is 5.85. The molecule has 2 fully saturated rings. The number of anilines is 1. The number of nitrogens with one attached hydrogen (secondary N) is 1. The first kappa shape index (κ1) is 31.1. The molecule has 3 aromatic rings. The van der Waals surface area contributed by atoms with E-state index in [1.54, 1.807) is 16.9 Å². The standard InChI is InChI=1S/C32H42N8O4/c1-5-44-26-14-27(29-25(15-33)18-36-40(29)20-26)24-6-7-28(34-17-24)38-10-8-32(9-11-38,30(41)35-16-22(2)3)21-37-12-13-39(31(42)43)23(4)19-37/h6-7,14,17-18,20,22-23H,5,8-13,16,19,21H2,1-4H3,(H,35,41)(H,42,43). The van der Waals surface area contributed by atoms with Crippen molar-refractivity contribution in [3.05, 3.63) is 42.4 Å². The fraction of sp³-hybridized carbons (Fsp3) is 0.531. The summed E-state index contributed by atoms with van der Waals surface area (Å²) in [7, 11) is 0. The van der Waals surface area contributed by atoms with Gasteiger partial charge in [0.2, 0.25) is 5.91 Å². The van der Waals surface area contributed by atoms with Crippen LogP contribution < -0.4 is 15.0 Å². The third-order valence-corrected chi connectivity index (χ3v) is 8.76. The van der Waals surface area contributed by atoms with Crippen molar-refractivity contribution in [1.29, 1.82) is 5.26 Å². The van der Waals surface area contributed by atoms with Crippen LogP contribution in [-0.2, 0) is 4.79 Å². The van der Waals surface area contributed by atoms with Crippen LogP contribution in [0.1, 0.15) is 46.1 Å². The second kappa shape index (κ2) is 13.1. The Morgan fingerprint density at radius 1 is 1.20 bits per heavy atom. The fourth-order valence-electron chi connectivity index (χ4n) is 6.37. The first-order valence-electron chi connectivity index (χ1n) is 15.4. The number of aromatic nitrogens is 3. The normalized spacial score (nSPS) is 18.8. The quantitative estimate of drug-likeness (QED) is 0.375. The Morgan fingerprint density at radius 2 is 1.98 bits per heavy atom. The number of carboxylic acid groups (broad SMARTS) is 1. The molecule has 0 aliphatic carbocycles. The van der Waals surface area contributed by atoms with Crippen LogP contribution in [0.2, 0.25) is 0 Å². The van der Waals surface area contributed by atoms with E-state index in [0.29, 0.717) is 88.0 Å². The molecule has 0 spiro atoms. The second-order valence-corrected chi connectivity index (χ2v) is 12.3. The number of hydrogen-bond acceptors (Lipinski definition) is 8. The molecule has 5 rings (SSSR count). The number of fused-ring (bicyclic) bond motifs is 1. The zero-order valence-corrected chi connectivity index (χ0v) is 26.0. The average molecular weight is 603 g/mol. The third-order valence-electron chi connectivity index (χ3n) is 8.76. The summed E-state index contributed by atoms with van der Waals surface area (Å²) in [6.45, 7) is 12.8. The summed E-state index contributed by atoms with van der Waals surface area (Å²) in [5, 5.41) is 26.7. The van der Waals surface area contributed by atoms with Gasteiger partial charge in [0.1, 0.15) is 17.6 Å². The molecule has 12 heteroatoms. The lowest BCUT2D eigenvalue weighted by molar-refractivity contribution is -0.134. The summed E-state index contributed by atoms with van der Waals surface area (Å²) < 4.78 is 7.42. The summed E-state index contributed by atoms with van der Waals surface area (Å²) in [6.07, 6.45) is 5.60. The summed E-state index contributed by atoms with van der Waals surface area (Å²) in [4.78, 5) is 36.0. The van der Waals surface area contributed by atoms with Gasteiger partial charge >= 0.3 is 6.09 Å². The fourth-order valence-corrected chi connectivity index (χ4v) is 6.37. The minimum atomic E-state index is -0.893. The van der Waals surface area contributed by atoms with Crippen molar-refractivity contribution in [2.75, 3.05) is 57.3 Å². The predicted octanol–water partition coefficient (Wildman–Crippen LogP) is 3.71. The van der Waals surface area contributed by atoms with Crippen molar-refractivity contribution in [3.63, 3.8) is 0 Å². The van der Waals surface area contributed by atoms with E-state index in [0.717, 1.165) is 16.9 Å². The number of carbonyl (C=O) groups excluding carboxylic acids is 1. The molecule has 0 bridgehead atoms. The van der Waals surface area contributed by atoms with Gasteiger partial charge < -0.3 is 25.0 Å². The lowest BCUT2D eigenvalue weighted by Gasteiger charge is -2.46. The number of carbonyl (C=O) groups is 2. The topological polar surface area (TPSA) is 139 Å². The Balaban J connectivity index is 1.33. The first-order chi connectivity index (χ1) is 21.1. The van der Waals surface area contributed by atoms with Gasteiger partial charge in [-0.25, -0.2) is 14.3 Å². The molecule has 2 amide bonds. The molecule has 5 heterocycles. The molecule has 0 radical (unpaired) electrons. The summed E-state index contributed by atoms with van der Waals surface area (Å²) >= 11 is 0. The Bertz CT molecular complexity index is 1520. The maximum Gasteiger partial charge on any atom is 0.407 e. The molecule has 0 aromatic carbocycles. The number of piperazine rings is 1. The lowest BCUT2D eigenvalue weighted by Crippen LogP contribution is -2.59. The van der Waals surface area contributed by atoms with Crippen molar-refractivity contribution in [2.45, 2.75) is 46.6 Å². The van der Waals surface area contributed by atoms with E-state index in [1.165, 1.54) is 4.90 Å². The smallest absolute Gasteiger partial charge is 0.407 e. The zero-order valence-electron chi connectivity index (χ0n) is 26.0. The molecule has 2 saturated heterocycles. The van der Waals surface area contributed by atoms with Crippen molar-refractivity contribution < 1.29 is 19.4 Å². The molecule has 0 saturated carbocycles. The molecule has 44 heavy (non-hydrogen) atoms. The molecular weight excluding hydrogens is 560 g/mol. The number of rotatable bonds is 9. The van der Waals surface area contributed by atoms with E-state index >= 15 is 0 Å². The van der Waals surface area contributed by atoms with Crippen LogP contribution in [0, 0.1) is 22.7 Å². The molecule has 2 aliphatic heterocycles. The minimum Gasteiger partial charge on any atom is -0.492 e. The van der Waals surface area contributed by atoms with Crippen LogP contribution in [0.4, 0.5) is 10.6 Å². The van der Waals surface area contributed by atoms with E-state index in [4.69, 9.17) is 9.72 Å². The highest BCUT2D eigenvalue weighted by atomic mass is 16.5. The van der Waals surface area contributed by atoms with Gasteiger partial charge in [0.05, 0.1) is 35.5 Å². The summed E-state index contributed by atoms with van der Waals surface area (Å²) in [5.41, 5.74) is 2.30. The number of nitriles is 1. The Morgan fingerprint density at radius 3 is 2.59 bits per heavy atom. The summed E-state index contributed by atoms with van der Waals surface area (Å²) in [6, 6.07) is 8.01. The number of pyridine rings is 2. The molecular formula is C32H42N8O4. The molecule has 234 valence electrons. The molecule has 12 nitrogen and oxygen atoms in total. The average Bonchev–Trinajstić information content (AvgIpc) is 3.43. The van der Waals surface area contributed by atoms with Crippen LogP contribution in [-0.4, -0.2) is 100.0 Å². The van der Waals surface area contributed by atoms with Crippen molar-refractivity contribution >= 4 is 23.3 Å². The minimum absolute atomic E-state index is 0.0785. The van der Waals surface area contributed by atoms with Gasteiger partial charge in [-0.2, -0.15) is 10.4 Å². The number of ether oxygens (including phenoxy) is 1. The van der Waals surface area contributed by atoms with E-state index in [-0.39, 0.29) is 11.9 Å². The van der Waals surface area contributed by atoms with E-state index in [2.05, 4.69) is 40.1 Å². The Labute approximate surface area is 258 Å². The first-order valence-corrected chi connectivity index (χ1v) is 15.4. The van der Waals surface area contributed by atoms with Crippen molar-refractivity contribution in [1.82, 2.24) is 29.7 Å². The number of hydrogen-bond donors (Lipinski definition) is 2. The lowest BCUT2D eigenvalue weighted by atomic mass is 9.76. The van der Waals surface area contributed by atoms with Gasteiger partial charge in [0, 0.05) is 69.2 Å². The van der Waals surface area contributed by atoms with E-state index in [1.807, 2.05) is 38.2 Å². The van der Waals surface area contributed by atoms with E-state index < -0.39 is 11.5 Å². The van der Waals surface area contributed by atoms with Gasteiger partial charge in [0.15, 0.2) is 0 Å². The summed E-state index contributed by atoms with van der Waals surface area (Å²) in [5.74, 6) is 1.92. The molecule has 2 N–H and O–H groups in total. The Hall–Kier alpha value is -4.37. The van der Waals surface area contributed by atoms with Gasteiger partial charge in [-0.3, -0.25) is 9.69 Å². The highest BCUT2D eigenvalue weighted by Gasteiger charge is 2.44. The second-order valence-electron chi connectivity index (χ2n) is 12.3. The molecule has 1 unspecified atom stereocenters. The van der Waals surface area contributed by atoms with Crippen LogP contribution >= 0.6 is 0 Å². The van der Waals surface area contributed by atoms with Crippen LogP contribution in [0.25, 0.3) is 16.6 Å². The van der Waals surface area contributed by atoms with Gasteiger partial charge in [-0.1, -0.05) is 13.8 Å². The van der Waals surface area contributed by atoms with Crippen LogP contribution in [0.15, 0.2) is 36.8 Å². The van der Waals surface area contributed by atoms with Crippen molar-refractivity contribution in [2.24, 2.45) is 11.3 Å². The largest absolute Gasteiger partial charge is 0.492 e. The number of nitrogens with zero attached hydrogens (tertiary/aromatic N) is 7. The van der Waals surface area contributed by atoms with Gasteiger partial charge in [-0.05, 0) is 50.8 Å². The maximum absolute atomic E-state index is 13.7. The molecule has 2 aliphatic rings. The molecule has 3 aromatic heterocycles. The molecule has 1 atom stereocenters. The third kappa shape index (κ3) is 6.43. The van der Waals surface area contributed by atoms with Crippen LogP contribution in [0.3, 0.4) is 0 Å². The van der Waals surface area contributed by atoms with Crippen LogP contribution in [0.5, 0.6) is 5.75 Å².